The molecule has 0 bridgehead atoms. The number of hydrogen-bond donors (Lipinski definition) is 2. The maximum Gasteiger partial charge on any atom is 0.267 e. The predicted octanol–water partition coefficient (Wildman–Crippen LogP) is 1.56. The lowest BCUT2D eigenvalue weighted by Crippen LogP contribution is -2.49. The average molecular weight is 236 g/mol. The van der Waals surface area contributed by atoms with Gasteiger partial charge in [-0.25, -0.2) is 5.48 Å². The van der Waals surface area contributed by atoms with Crippen LogP contribution in [0, 0.1) is 5.92 Å². The molecule has 1 rings (SSSR count). The molecule has 0 heterocycles. The molecule has 17 heavy (non-hydrogen) atoms. The van der Waals surface area contributed by atoms with Gasteiger partial charge in [-0.1, -0.05) is 44.2 Å². The lowest BCUT2D eigenvalue weighted by atomic mass is 9.93. The molecular weight excluding hydrogens is 216 g/mol. The Hall–Kier alpha value is -1.39. The number of rotatable bonds is 5. The zero-order valence-corrected chi connectivity index (χ0v) is 10.6. The average Bonchev–Trinajstić information content (AvgIpc) is 2.29. The smallest absolute Gasteiger partial charge is 0.267 e. The van der Waals surface area contributed by atoms with Gasteiger partial charge < -0.3 is 5.73 Å². The first kappa shape index (κ1) is 13.7. The summed E-state index contributed by atoms with van der Waals surface area (Å²) in [4.78, 5) is 17.0. The molecule has 0 spiro atoms. The van der Waals surface area contributed by atoms with E-state index in [-0.39, 0.29) is 5.91 Å². The van der Waals surface area contributed by atoms with Crippen molar-refractivity contribution in [2.45, 2.75) is 26.3 Å². The lowest BCUT2D eigenvalue weighted by molar-refractivity contribution is -0.139. The van der Waals surface area contributed by atoms with Crippen molar-refractivity contribution < 1.29 is 9.63 Å². The molecule has 0 saturated carbocycles. The Bertz CT molecular complexity index is 361. The predicted molar refractivity (Wildman–Crippen MR) is 66.9 cm³/mol. The summed E-state index contributed by atoms with van der Waals surface area (Å²) in [5.41, 5.74) is 8.07. The Labute approximate surface area is 102 Å². The summed E-state index contributed by atoms with van der Waals surface area (Å²) in [5, 5.41) is 0. The molecule has 4 heteroatoms. The fourth-order valence-corrected chi connectivity index (χ4v) is 1.30. The fraction of sp³-hybridized carbons (Fsp3) is 0.462. The van der Waals surface area contributed by atoms with Gasteiger partial charge >= 0.3 is 0 Å². The van der Waals surface area contributed by atoms with Crippen LogP contribution >= 0.6 is 0 Å². The first-order chi connectivity index (χ1) is 7.94. The van der Waals surface area contributed by atoms with Crippen molar-refractivity contribution in [1.29, 1.82) is 0 Å². The molecule has 94 valence electrons. The third-order valence-electron chi connectivity index (χ3n) is 2.43. The second-order valence-electron chi connectivity index (χ2n) is 4.70. The zero-order chi connectivity index (χ0) is 12.9. The number of carbonyl (C=O) groups is 1. The second-order valence-corrected chi connectivity index (χ2v) is 4.70. The molecule has 1 unspecified atom stereocenters. The van der Waals surface area contributed by atoms with E-state index in [2.05, 4.69) is 5.48 Å². The topological polar surface area (TPSA) is 64.3 Å². The monoisotopic (exact) mass is 236 g/mol. The molecule has 1 atom stereocenters. The van der Waals surface area contributed by atoms with Gasteiger partial charge in [0.05, 0.1) is 6.61 Å². The molecule has 0 aromatic heterocycles. The largest absolute Gasteiger partial charge is 0.314 e. The van der Waals surface area contributed by atoms with Crippen molar-refractivity contribution in [3.8, 4) is 0 Å². The van der Waals surface area contributed by atoms with Crippen LogP contribution in [0.2, 0.25) is 0 Å². The van der Waals surface area contributed by atoms with Gasteiger partial charge in [0.25, 0.3) is 5.91 Å². The third kappa shape index (κ3) is 3.84. The van der Waals surface area contributed by atoms with E-state index in [1.165, 1.54) is 0 Å². The number of hydrogen-bond acceptors (Lipinski definition) is 3. The van der Waals surface area contributed by atoms with Crippen LogP contribution < -0.4 is 11.2 Å². The van der Waals surface area contributed by atoms with Gasteiger partial charge in [0.2, 0.25) is 0 Å². The summed E-state index contributed by atoms with van der Waals surface area (Å²) in [7, 11) is 0. The first-order valence-electron chi connectivity index (χ1n) is 5.71. The van der Waals surface area contributed by atoms with Crippen LogP contribution in [0.1, 0.15) is 26.3 Å². The van der Waals surface area contributed by atoms with Crippen LogP contribution in [0.5, 0.6) is 0 Å². The maximum atomic E-state index is 11.9. The van der Waals surface area contributed by atoms with E-state index < -0.39 is 5.54 Å². The van der Waals surface area contributed by atoms with Gasteiger partial charge in [-0.05, 0) is 18.4 Å². The van der Waals surface area contributed by atoms with Crippen LogP contribution in [0.25, 0.3) is 0 Å². The quantitative estimate of drug-likeness (QED) is 0.763. The minimum atomic E-state index is -1.09. The van der Waals surface area contributed by atoms with Crippen molar-refractivity contribution in [2.24, 2.45) is 11.7 Å². The van der Waals surface area contributed by atoms with Crippen molar-refractivity contribution >= 4 is 5.91 Å². The highest BCUT2D eigenvalue weighted by Crippen LogP contribution is 2.17. The minimum Gasteiger partial charge on any atom is -0.314 e. The van der Waals surface area contributed by atoms with Gasteiger partial charge in [-0.2, -0.15) is 0 Å². The van der Waals surface area contributed by atoms with Gasteiger partial charge in [0.15, 0.2) is 0 Å². The molecule has 0 saturated heterocycles. The summed E-state index contributed by atoms with van der Waals surface area (Å²) < 4.78 is 0. The summed E-state index contributed by atoms with van der Waals surface area (Å²) in [6, 6.07) is 9.22. The summed E-state index contributed by atoms with van der Waals surface area (Å²) in [6.45, 7) is 6.14. The van der Waals surface area contributed by atoms with E-state index in [0.717, 1.165) is 5.56 Å². The van der Waals surface area contributed by atoms with Crippen LogP contribution in [-0.2, 0) is 15.2 Å². The Morgan fingerprint density at radius 1 is 1.41 bits per heavy atom. The van der Waals surface area contributed by atoms with Crippen molar-refractivity contribution in [3.05, 3.63) is 35.9 Å². The molecular formula is C13H20N2O2. The Morgan fingerprint density at radius 2 is 2.00 bits per heavy atom. The Morgan fingerprint density at radius 3 is 2.53 bits per heavy atom. The highest BCUT2D eigenvalue weighted by molar-refractivity contribution is 5.86. The van der Waals surface area contributed by atoms with Gasteiger partial charge in [0.1, 0.15) is 5.54 Å². The number of nitrogens with two attached hydrogens (primary N) is 1. The minimum absolute atomic E-state index is 0.343. The number of nitrogens with one attached hydrogen (secondary N) is 1. The summed E-state index contributed by atoms with van der Waals surface area (Å²) in [5.74, 6) is 0.0143. The Balaban J connectivity index is 2.61. The van der Waals surface area contributed by atoms with Crippen LogP contribution in [0.4, 0.5) is 0 Å². The van der Waals surface area contributed by atoms with Crippen LogP contribution in [0.3, 0.4) is 0 Å². The molecule has 1 aromatic rings. The molecule has 0 aliphatic rings. The lowest BCUT2D eigenvalue weighted by Gasteiger charge is -2.23. The highest BCUT2D eigenvalue weighted by Gasteiger charge is 2.30. The Kier molecular flexibility index (Phi) is 4.66. The summed E-state index contributed by atoms with van der Waals surface area (Å²) in [6.07, 6.45) is 0. The molecule has 1 aromatic carbocycles. The highest BCUT2D eigenvalue weighted by atomic mass is 16.7. The van der Waals surface area contributed by atoms with Crippen molar-refractivity contribution in [2.75, 3.05) is 6.61 Å². The number of amides is 1. The molecule has 4 nitrogen and oxygen atoms in total. The molecule has 0 aliphatic carbocycles. The summed E-state index contributed by atoms with van der Waals surface area (Å²) >= 11 is 0. The van der Waals surface area contributed by atoms with E-state index in [1.807, 2.05) is 44.2 Å². The molecule has 0 fully saturated rings. The van der Waals surface area contributed by atoms with E-state index >= 15 is 0 Å². The standard InChI is InChI=1S/C13H20N2O2/c1-10(2)9-17-15-12(16)13(3,14)11-7-5-4-6-8-11/h4-8,10H,9,14H2,1-3H3,(H,15,16). The first-order valence-corrected chi connectivity index (χ1v) is 5.71. The maximum absolute atomic E-state index is 11.9. The molecule has 0 aliphatic heterocycles. The molecule has 3 N–H and O–H groups in total. The zero-order valence-electron chi connectivity index (χ0n) is 10.6. The van der Waals surface area contributed by atoms with Gasteiger partial charge in [-0.3, -0.25) is 9.63 Å². The number of benzene rings is 1. The van der Waals surface area contributed by atoms with Crippen LogP contribution in [0.15, 0.2) is 30.3 Å². The SMILES string of the molecule is CC(C)CONC(=O)C(C)(N)c1ccccc1. The fourth-order valence-electron chi connectivity index (χ4n) is 1.30. The third-order valence-corrected chi connectivity index (χ3v) is 2.43. The number of carbonyl (C=O) groups excluding carboxylic acids is 1. The van der Waals surface area contributed by atoms with Crippen molar-refractivity contribution in [1.82, 2.24) is 5.48 Å². The van der Waals surface area contributed by atoms with E-state index in [9.17, 15) is 4.79 Å². The number of hydroxylamine groups is 1. The van der Waals surface area contributed by atoms with Crippen LogP contribution in [-0.4, -0.2) is 12.5 Å². The van der Waals surface area contributed by atoms with E-state index in [0.29, 0.717) is 12.5 Å². The molecule has 1 amide bonds. The van der Waals surface area contributed by atoms with E-state index in [1.54, 1.807) is 6.92 Å². The van der Waals surface area contributed by atoms with Crippen molar-refractivity contribution in [3.63, 3.8) is 0 Å². The second kappa shape index (κ2) is 5.80. The molecule has 0 radical (unpaired) electrons. The van der Waals surface area contributed by atoms with Gasteiger partial charge in [0, 0.05) is 0 Å². The normalized spacial score (nSPS) is 14.4. The van der Waals surface area contributed by atoms with Gasteiger partial charge in [-0.15, -0.1) is 0 Å². The van der Waals surface area contributed by atoms with E-state index in [4.69, 9.17) is 10.6 Å².